The minimum Gasteiger partial charge on any atom is -0.481 e. The van der Waals surface area contributed by atoms with Crippen molar-refractivity contribution in [2.45, 2.75) is 64.5 Å². The van der Waals surface area contributed by atoms with Crippen LogP contribution in [0.5, 0.6) is 0 Å². The monoisotopic (exact) mass is 534 g/mol. The van der Waals surface area contributed by atoms with E-state index in [-0.39, 0.29) is 25.1 Å². The van der Waals surface area contributed by atoms with Crippen LogP contribution in [0.1, 0.15) is 68.9 Å². The van der Waals surface area contributed by atoms with Gasteiger partial charge in [-0.2, -0.15) is 0 Å². The van der Waals surface area contributed by atoms with Crippen LogP contribution in [0.25, 0.3) is 10.9 Å². The van der Waals surface area contributed by atoms with Gasteiger partial charge in [-0.3, -0.25) is 19.2 Å². The summed E-state index contributed by atoms with van der Waals surface area (Å²) in [6.45, 7) is 5.90. The molecular formula is C30H38N4O5. The van der Waals surface area contributed by atoms with Crippen LogP contribution in [0.3, 0.4) is 0 Å². The molecule has 2 atom stereocenters. The Hall–Kier alpha value is -4.14. The van der Waals surface area contributed by atoms with Gasteiger partial charge < -0.3 is 26.0 Å². The maximum absolute atomic E-state index is 14.3. The molecule has 5 N–H and O–H groups in total. The highest BCUT2D eigenvalue weighted by atomic mass is 16.4. The summed E-state index contributed by atoms with van der Waals surface area (Å²) in [4.78, 5) is 56.9. The number of nitrogens with zero attached hydrogens (tertiary/aromatic N) is 1. The Morgan fingerprint density at radius 3 is 2.28 bits per heavy atom. The Bertz CT molecular complexity index is 1270. The fraction of sp³-hybridized carbons (Fsp3) is 0.400. The predicted molar refractivity (Wildman–Crippen MR) is 150 cm³/mol. The molecule has 1 heterocycles. The van der Waals surface area contributed by atoms with Crippen LogP contribution < -0.4 is 11.1 Å². The molecule has 2 aromatic carbocycles. The molecule has 0 spiro atoms. The molecule has 9 nitrogen and oxygen atoms in total. The molecule has 208 valence electrons. The second-order valence-corrected chi connectivity index (χ2v) is 10.1. The van der Waals surface area contributed by atoms with Crippen molar-refractivity contribution in [3.8, 4) is 0 Å². The lowest BCUT2D eigenvalue weighted by Gasteiger charge is -2.46. The van der Waals surface area contributed by atoms with Gasteiger partial charge in [0.25, 0.3) is 5.91 Å². The Morgan fingerprint density at radius 1 is 1.03 bits per heavy atom. The van der Waals surface area contributed by atoms with E-state index in [1.165, 1.54) is 4.90 Å². The zero-order valence-corrected chi connectivity index (χ0v) is 22.8. The van der Waals surface area contributed by atoms with E-state index < -0.39 is 41.2 Å². The Morgan fingerprint density at radius 2 is 1.69 bits per heavy atom. The smallest absolute Gasteiger partial charge is 0.303 e. The number of nitrogens with two attached hydrogens (primary N) is 1. The number of para-hydroxylation sites is 1. The number of aliphatic carboxylic acids is 1. The molecule has 9 heteroatoms. The summed E-state index contributed by atoms with van der Waals surface area (Å²) < 4.78 is 0. The zero-order chi connectivity index (χ0) is 28.6. The van der Waals surface area contributed by atoms with Gasteiger partial charge in [0.1, 0.15) is 17.3 Å². The molecule has 0 saturated carbocycles. The van der Waals surface area contributed by atoms with Gasteiger partial charge in [0, 0.05) is 23.9 Å². The first-order valence-corrected chi connectivity index (χ1v) is 13.4. The van der Waals surface area contributed by atoms with E-state index in [9.17, 15) is 24.3 Å². The lowest BCUT2D eigenvalue weighted by Crippen LogP contribution is -2.63. The lowest BCUT2D eigenvalue weighted by atomic mass is 9.76. The van der Waals surface area contributed by atoms with Gasteiger partial charge in [0.15, 0.2) is 0 Å². The van der Waals surface area contributed by atoms with E-state index in [1.807, 2.05) is 51.1 Å². The number of primary amides is 1. The second kappa shape index (κ2) is 13.1. The molecule has 0 saturated heterocycles. The van der Waals surface area contributed by atoms with Crippen molar-refractivity contribution in [1.82, 2.24) is 15.2 Å². The number of hydrogen-bond donors (Lipinski definition) is 4. The first-order chi connectivity index (χ1) is 18.6. The van der Waals surface area contributed by atoms with E-state index in [4.69, 9.17) is 5.73 Å². The highest BCUT2D eigenvalue weighted by Crippen LogP contribution is 2.37. The molecule has 0 aliphatic heterocycles. The number of carboxylic acid groups (broad SMARTS) is 1. The minimum absolute atomic E-state index is 0.147. The number of aromatic nitrogens is 1. The maximum atomic E-state index is 14.3. The van der Waals surface area contributed by atoms with Crippen LogP contribution in [0.15, 0.2) is 60.7 Å². The first-order valence-electron chi connectivity index (χ1n) is 13.4. The molecule has 0 radical (unpaired) electrons. The van der Waals surface area contributed by atoms with Crippen LogP contribution in [0.4, 0.5) is 0 Å². The summed E-state index contributed by atoms with van der Waals surface area (Å²) in [5, 5.41) is 13.0. The number of carboxylic acids is 1. The zero-order valence-electron chi connectivity index (χ0n) is 22.8. The summed E-state index contributed by atoms with van der Waals surface area (Å²) >= 11 is 0. The van der Waals surface area contributed by atoms with Gasteiger partial charge in [-0.1, -0.05) is 82.1 Å². The average Bonchev–Trinajstić information content (AvgIpc) is 3.35. The predicted octanol–water partition coefficient (Wildman–Crippen LogP) is 4.19. The number of H-pyrrole nitrogens is 1. The van der Waals surface area contributed by atoms with Crippen molar-refractivity contribution in [3.63, 3.8) is 0 Å². The third-order valence-electron chi connectivity index (χ3n) is 7.13. The van der Waals surface area contributed by atoms with E-state index in [0.717, 1.165) is 23.7 Å². The van der Waals surface area contributed by atoms with Crippen molar-refractivity contribution in [2.24, 2.45) is 11.7 Å². The van der Waals surface area contributed by atoms with Crippen molar-refractivity contribution < 1.29 is 24.3 Å². The highest BCUT2D eigenvalue weighted by Gasteiger charge is 2.50. The quantitative estimate of drug-likeness (QED) is 0.229. The molecule has 0 fully saturated rings. The molecule has 3 rings (SSSR count). The number of fused-ring (bicyclic) bond motifs is 1. The van der Waals surface area contributed by atoms with E-state index in [1.54, 1.807) is 30.3 Å². The van der Waals surface area contributed by atoms with Gasteiger partial charge in [-0.15, -0.1) is 0 Å². The van der Waals surface area contributed by atoms with E-state index in [2.05, 4.69) is 10.3 Å². The summed E-state index contributed by atoms with van der Waals surface area (Å²) in [7, 11) is 0. The Balaban J connectivity index is 2.06. The topological polar surface area (TPSA) is 146 Å². The number of aromatic amines is 1. The number of carbonyl (C=O) groups is 4. The molecule has 0 aliphatic carbocycles. The van der Waals surface area contributed by atoms with Gasteiger partial charge in [0.05, 0.1) is 0 Å². The maximum Gasteiger partial charge on any atom is 0.303 e. The Kier molecular flexibility index (Phi) is 9.87. The molecule has 3 amide bonds. The van der Waals surface area contributed by atoms with Gasteiger partial charge in [-0.05, 0) is 36.5 Å². The fourth-order valence-electron chi connectivity index (χ4n) is 5.18. The van der Waals surface area contributed by atoms with Crippen molar-refractivity contribution in [1.29, 1.82) is 0 Å². The molecule has 39 heavy (non-hydrogen) atoms. The molecular weight excluding hydrogens is 496 g/mol. The number of nitrogens with one attached hydrogen (secondary N) is 2. The molecule has 0 aliphatic rings. The largest absolute Gasteiger partial charge is 0.481 e. The van der Waals surface area contributed by atoms with Crippen LogP contribution in [-0.2, 0) is 19.9 Å². The number of rotatable bonds is 14. The van der Waals surface area contributed by atoms with Gasteiger partial charge in [-0.25, -0.2) is 0 Å². The fourth-order valence-corrected chi connectivity index (χ4v) is 5.18. The average molecular weight is 535 g/mol. The van der Waals surface area contributed by atoms with Crippen LogP contribution in [0, 0.1) is 5.92 Å². The van der Waals surface area contributed by atoms with Crippen molar-refractivity contribution in [2.75, 3.05) is 6.54 Å². The third-order valence-corrected chi connectivity index (χ3v) is 7.13. The number of benzene rings is 2. The van der Waals surface area contributed by atoms with E-state index in [0.29, 0.717) is 12.0 Å². The van der Waals surface area contributed by atoms with E-state index >= 15 is 0 Å². The number of hydrogen-bond acceptors (Lipinski definition) is 4. The Labute approximate surface area is 228 Å². The van der Waals surface area contributed by atoms with Crippen molar-refractivity contribution in [3.05, 3.63) is 71.9 Å². The van der Waals surface area contributed by atoms with Crippen LogP contribution in [0.2, 0.25) is 0 Å². The first kappa shape index (κ1) is 29.4. The summed E-state index contributed by atoms with van der Waals surface area (Å²) in [6, 6.07) is 16.8. The molecule has 1 aromatic heterocycles. The standard InChI is InChI=1S/C30H38N4O5/c1-4-5-11-18-34(30(20(2)3,29(31)39)22-13-7-6-8-14-22)28(38)24(16-17-26(35)36)33-27(37)25-19-21-12-9-10-15-23(21)32-25/h6-10,12-15,19-20,24,32H,4-5,11,16-18H2,1-3H3,(H2,31,39)(H,33,37)(H,35,36). The minimum atomic E-state index is -1.50. The summed E-state index contributed by atoms with van der Waals surface area (Å²) in [5.74, 6) is -3.29. The highest BCUT2D eigenvalue weighted by molar-refractivity contribution is 6.01. The van der Waals surface area contributed by atoms with Gasteiger partial charge >= 0.3 is 5.97 Å². The van der Waals surface area contributed by atoms with Crippen LogP contribution >= 0.6 is 0 Å². The molecule has 0 bridgehead atoms. The molecule has 2 unspecified atom stereocenters. The molecule has 3 aromatic rings. The normalized spacial score (nSPS) is 13.5. The van der Waals surface area contributed by atoms with Crippen molar-refractivity contribution >= 4 is 34.6 Å². The number of carbonyl (C=O) groups excluding carboxylic acids is 3. The third kappa shape index (κ3) is 6.47. The summed E-state index contributed by atoms with van der Waals surface area (Å²) in [5.41, 5.74) is 6.15. The summed E-state index contributed by atoms with van der Waals surface area (Å²) in [6.07, 6.45) is 1.82. The van der Waals surface area contributed by atoms with Crippen LogP contribution in [-0.4, -0.2) is 51.3 Å². The van der Waals surface area contributed by atoms with Gasteiger partial charge in [0.2, 0.25) is 11.8 Å². The number of amides is 3. The number of unbranched alkanes of at least 4 members (excludes halogenated alkanes) is 2. The SMILES string of the molecule is CCCCCN(C(=O)C(CCC(=O)O)NC(=O)c1cc2ccccc2[nH]1)C(C(N)=O)(c1ccccc1)C(C)C. The lowest BCUT2D eigenvalue weighted by molar-refractivity contribution is -0.152. The second-order valence-electron chi connectivity index (χ2n) is 10.1.